The molecule has 0 amide bonds. The molecular formula is C34H20N2O4S. The maximum Gasteiger partial charge on any atom is 0.228 e. The van der Waals surface area contributed by atoms with E-state index in [1.807, 2.05) is 84.9 Å². The predicted molar refractivity (Wildman–Crippen MR) is 158 cm³/mol. The van der Waals surface area contributed by atoms with Crippen LogP contribution in [-0.2, 0) is 0 Å². The van der Waals surface area contributed by atoms with Crippen LogP contribution in [0.4, 0.5) is 0 Å². The second kappa shape index (κ2) is 8.74. The summed E-state index contributed by atoms with van der Waals surface area (Å²) in [5.74, 6) is 0.810. The fraction of sp³-hybridized carbons (Fsp3) is 0.0588. The number of methoxy groups -OCH3 is 2. The largest absolute Gasteiger partial charge is 0.480 e. The Bertz CT molecular complexity index is 2000. The van der Waals surface area contributed by atoms with Crippen molar-refractivity contribution in [1.29, 1.82) is 0 Å². The normalized spacial score (nSPS) is 12.8. The first-order valence-corrected chi connectivity index (χ1v) is 13.9. The van der Waals surface area contributed by atoms with Crippen LogP contribution in [0.15, 0.2) is 94.7 Å². The van der Waals surface area contributed by atoms with Gasteiger partial charge in [-0.3, -0.25) is 9.59 Å². The van der Waals surface area contributed by atoms with Crippen LogP contribution >= 0.6 is 11.8 Å². The van der Waals surface area contributed by atoms with Crippen LogP contribution in [0.3, 0.4) is 0 Å². The summed E-state index contributed by atoms with van der Waals surface area (Å²) >= 11 is 1.42. The molecule has 0 fully saturated rings. The molecule has 2 aliphatic rings. The average molecular weight is 553 g/mol. The number of ketones is 2. The van der Waals surface area contributed by atoms with Crippen LogP contribution in [0, 0.1) is 0 Å². The Morgan fingerprint density at radius 2 is 0.902 bits per heavy atom. The van der Waals surface area contributed by atoms with E-state index in [-0.39, 0.29) is 11.6 Å². The molecule has 0 spiro atoms. The van der Waals surface area contributed by atoms with Gasteiger partial charge in [0.2, 0.25) is 11.8 Å². The molecule has 0 unspecified atom stereocenters. The van der Waals surface area contributed by atoms with E-state index in [0.717, 1.165) is 53.9 Å². The smallest absolute Gasteiger partial charge is 0.228 e. The summed E-state index contributed by atoms with van der Waals surface area (Å²) < 4.78 is 11.7. The van der Waals surface area contributed by atoms with E-state index in [1.54, 1.807) is 14.2 Å². The van der Waals surface area contributed by atoms with E-state index in [2.05, 4.69) is 0 Å². The summed E-state index contributed by atoms with van der Waals surface area (Å²) in [6, 6.07) is 26.5. The Balaban J connectivity index is 1.42. The topological polar surface area (TPSA) is 78.4 Å². The third-order valence-electron chi connectivity index (χ3n) is 7.84. The summed E-state index contributed by atoms with van der Waals surface area (Å²) in [5, 5.41) is 3.28. The minimum absolute atomic E-state index is 0.0281. The van der Waals surface area contributed by atoms with Gasteiger partial charge in [0.1, 0.15) is 0 Å². The quantitative estimate of drug-likeness (QED) is 0.225. The highest BCUT2D eigenvalue weighted by Gasteiger charge is 2.32. The fourth-order valence-corrected chi connectivity index (χ4v) is 7.25. The van der Waals surface area contributed by atoms with Gasteiger partial charge in [0.15, 0.2) is 11.6 Å². The van der Waals surface area contributed by atoms with Gasteiger partial charge in [-0.2, -0.15) is 0 Å². The zero-order valence-electron chi connectivity index (χ0n) is 22.0. The van der Waals surface area contributed by atoms with Gasteiger partial charge in [-0.1, -0.05) is 96.7 Å². The summed E-state index contributed by atoms with van der Waals surface area (Å²) in [5.41, 5.74) is 5.48. The molecular weight excluding hydrogens is 532 g/mol. The number of nitrogens with zero attached hydrogens (tertiary/aromatic N) is 2. The summed E-state index contributed by atoms with van der Waals surface area (Å²) in [4.78, 5) is 38.4. The predicted octanol–water partition coefficient (Wildman–Crippen LogP) is 7.37. The highest BCUT2D eigenvalue weighted by Crippen LogP contribution is 2.51. The van der Waals surface area contributed by atoms with Gasteiger partial charge in [0, 0.05) is 54.9 Å². The summed E-state index contributed by atoms with van der Waals surface area (Å²) in [6.07, 6.45) is 0. The SMILES string of the molecule is COc1nc2c3c(cccc3c1Sc1c(OC)nc3c4c(cccc14)C(=O)c1ccccc1-3)C(=O)c1ccccc1-2. The van der Waals surface area contributed by atoms with E-state index in [0.29, 0.717) is 34.0 Å². The number of hydrogen-bond donors (Lipinski definition) is 0. The Labute approximate surface area is 239 Å². The van der Waals surface area contributed by atoms with Crippen LogP contribution in [0.25, 0.3) is 44.1 Å². The molecule has 6 nitrogen and oxygen atoms in total. The number of carbonyl (C=O) groups is 2. The van der Waals surface area contributed by atoms with E-state index in [4.69, 9.17) is 19.4 Å². The van der Waals surface area contributed by atoms with Crippen molar-refractivity contribution < 1.29 is 19.1 Å². The molecule has 6 aromatic rings. The van der Waals surface area contributed by atoms with Gasteiger partial charge in [-0.15, -0.1) is 0 Å². The highest BCUT2D eigenvalue weighted by atomic mass is 32.2. The summed E-state index contributed by atoms with van der Waals surface area (Å²) in [7, 11) is 3.19. The number of rotatable bonds is 4. The maximum atomic E-state index is 13.5. The Morgan fingerprint density at radius 1 is 0.512 bits per heavy atom. The van der Waals surface area contributed by atoms with Crippen LogP contribution in [0.5, 0.6) is 11.8 Å². The van der Waals surface area contributed by atoms with Crippen molar-refractivity contribution in [2.24, 2.45) is 0 Å². The molecule has 0 radical (unpaired) electrons. The molecule has 2 aromatic heterocycles. The molecule has 4 aromatic carbocycles. The third-order valence-corrected chi connectivity index (χ3v) is 9.04. The van der Waals surface area contributed by atoms with Gasteiger partial charge < -0.3 is 9.47 Å². The number of pyridine rings is 2. The van der Waals surface area contributed by atoms with Crippen molar-refractivity contribution in [3.63, 3.8) is 0 Å². The number of ether oxygens (including phenoxy) is 2. The Kier molecular flexibility index (Phi) is 5.09. The monoisotopic (exact) mass is 552 g/mol. The molecule has 0 N–H and O–H groups in total. The molecule has 41 heavy (non-hydrogen) atoms. The number of benzene rings is 4. The molecule has 0 saturated carbocycles. The van der Waals surface area contributed by atoms with Crippen LogP contribution in [0.1, 0.15) is 31.8 Å². The molecule has 7 heteroatoms. The molecule has 0 atom stereocenters. The standard InChI is InChI=1S/C34H20N2O4S/c1-39-33-31(23-15-7-13-21-25(23)27(35-33)17-9-3-5-11-19(17)29(21)37)41-32-24-16-8-14-22-26(24)28(36-34(32)40-2)18-10-4-6-12-20(18)30(22)38/h3-16H,1-2H3. The summed E-state index contributed by atoms with van der Waals surface area (Å²) in [6.45, 7) is 0. The number of carbonyl (C=O) groups excluding carboxylic acids is 2. The molecule has 8 rings (SSSR count). The van der Waals surface area contributed by atoms with Crippen molar-refractivity contribution in [2.45, 2.75) is 9.79 Å². The fourth-order valence-electron chi connectivity index (χ4n) is 6.05. The second-order valence-corrected chi connectivity index (χ2v) is 10.9. The van der Waals surface area contributed by atoms with E-state index in [9.17, 15) is 9.59 Å². The van der Waals surface area contributed by atoms with Crippen molar-refractivity contribution in [3.05, 3.63) is 107 Å². The molecule has 0 bridgehead atoms. The minimum atomic E-state index is -0.0281. The highest BCUT2D eigenvalue weighted by molar-refractivity contribution is 8.00. The van der Waals surface area contributed by atoms with Gasteiger partial charge in [-0.05, 0) is 0 Å². The lowest BCUT2D eigenvalue weighted by atomic mass is 9.85. The van der Waals surface area contributed by atoms with E-state index >= 15 is 0 Å². The number of hydrogen-bond acceptors (Lipinski definition) is 7. The van der Waals surface area contributed by atoms with Crippen LogP contribution in [0.2, 0.25) is 0 Å². The lowest BCUT2D eigenvalue weighted by Crippen LogP contribution is -2.12. The Hall–Kier alpha value is -5.01. The van der Waals surface area contributed by atoms with Crippen molar-refractivity contribution in [2.75, 3.05) is 14.2 Å². The first kappa shape index (κ1) is 23.8. The second-order valence-electron chi connectivity index (χ2n) is 9.91. The van der Waals surface area contributed by atoms with Gasteiger partial charge in [0.05, 0.1) is 35.4 Å². The molecule has 0 saturated heterocycles. The van der Waals surface area contributed by atoms with Crippen molar-refractivity contribution in [3.8, 4) is 34.3 Å². The third kappa shape index (κ3) is 3.21. The first-order valence-electron chi connectivity index (χ1n) is 13.1. The van der Waals surface area contributed by atoms with Crippen molar-refractivity contribution in [1.82, 2.24) is 9.97 Å². The molecule has 2 heterocycles. The van der Waals surface area contributed by atoms with E-state index in [1.165, 1.54) is 11.8 Å². The average Bonchev–Trinajstić information content (AvgIpc) is 3.03. The lowest BCUT2D eigenvalue weighted by Gasteiger charge is -2.23. The maximum absolute atomic E-state index is 13.5. The zero-order chi connectivity index (χ0) is 27.8. The lowest BCUT2D eigenvalue weighted by molar-refractivity contribution is 0.103. The van der Waals surface area contributed by atoms with Crippen LogP contribution < -0.4 is 9.47 Å². The first-order chi connectivity index (χ1) is 20.1. The number of fused-ring (bicyclic) bond motifs is 4. The number of aromatic nitrogens is 2. The van der Waals surface area contributed by atoms with Crippen molar-refractivity contribution >= 4 is 44.9 Å². The van der Waals surface area contributed by atoms with Gasteiger partial charge >= 0.3 is 0 Å². The zero-order valence-corrected chi connectivity index (χ0v) is 22.8. The van der Waals surface area contributed by atoms with E-state index < -0.39 is 0 Å². The molecule has 196 valence electrons. The molecule has 2 aliphatic carbocycles. The minimum Gasteiger partial charge on any atom is -0.480 e. The Morgan fingerprint density at radius 3 is 1.32 bits per heavy atom. The molecule has 0 aliphatic heterocycles. The van der Waals surface area contributed by atoms with Gasteiger partial charge in [0.25, 0.3) is 0 Å². The van der Waals surface area contributed by atoms with Crippen LogP contribution in [-0.4, -0.2) is 35.8 Å². The van der Waals surface area contributed by atoms with Gasteiger partial charge in [-0.25, -0.2) is 9.97 Å².